The van der Waals surface area contributed by atoms with Gasteiger partial charge in [-0.2, -0.15) is 21.3 Å². The van der Waals surface area contributed by atoms with Gasteiger partial charge in [-0.25, -0.2) is 0 Å². The normalized spacial score (nSPS) is 15.5. The molecule has 1 amide bonds. The summed E-state index contributed by atoms with van der Waals surface area (Å²) in [5.41, 5.74) is 0.940. The molecule has 4 rings (SSSR count). The summed E-state index contributed by atoms with van der Waals surface area (Å²) in [5, 5.41) is 11.7. The van der Waals surface area contributed by atoms with Crippen molar-refractivity contribution in [2.45, 2.75) is 38.5 Å². The number of amides is 1. The first-order valence-electron chi connectivity index (χ1n) is 8.62. The van der Waals surface area contributed by atoms with E-state index in [0.717, 1.165) is 18.4 Å². The van der Waals surface area contributed by atoms with E-state index < -0.39 is 0 Å². The number of hydrogen-bond donors (Lipinski definition) is 0. The Hall–Kier alpha value is -2.55. The number of carbonyl (C=O) groups excluding carboxylic acids is 1. The number of rotatable bonds is 5. The van der Waals surface area contributed by atoms with Gasteiger partial charge >= 0.3 is 0 Å². The lowest BCUT2D eigenvalue weighted by Gasteiger charge is -2.30. The summed E-state index contributed by atoms with van der Waals surface area (Å²) < 4.78 is 10.5. The number of aryl methyl sites for hydroxylation is 2. The predicted octanol–water partition coefficient (Wildman–Crippen LogP) is 2.83. The molecule has 0 aromatic carbocycles. The van der Waals surface area contributed by atoms with Gasteiger partial charge in [0.05, 0.1) is 0 Å². The third-order valence-electron chi connectivity index (χ3n) is 4.54. The van der Waals surface area contributed by atoms with Gasteiger partial charge in [0, 0.05) is 42.8 Å². The van der Waals surface area contributed by atoms with E-state index in [1.807, 2.05) is 28.7 Å². The van der Waals surface area contributed by atoms with Crippen LogP contribution >= 0.6 is 11.3 Å². The molecule has 1 aliphatic rings. The van der Waals surface area contributed by atoms with Gasteiger partial charge < -0.3 is 13.9 Å². The fraction of sp³-hybridized carbons (Fsp3) is 0.471. The van der Waals surface area contributed by atoms with Gasteiger partial charge in [-0.05, 0) is 31.2 Å². The highest BCUT2D eigenvalue weighted by atomic mass is 32.1. The number of likely N-dealkylation sites (tertiary alicyclic amines) is 1. The van der Waals surface area contributed by atoms with Crippen LogP contribution in [-0.4, -0.2) is 44.2 Å². The Morgan fingerprint density at radius 1 is 1.27 bits per heavy atom. The molecule has 0 saturated carbocycles. The molecule has 0 aliphatic carbocycles. The van der Waals surface area contributed by atoms with Gasteiger partial charge in [-0.1, -0.05) is 10.3 Å². The van der Waals surface area contributed by atoms with Gasteiger partial charge in [0.25, 0.3) is 0 Å². The maximum atomic E-state index is 12.4. The van der Waals surface area contributed by atoms with E-state index in [-0.39, 0.29) is 11.8 Å². The van der Waals surface area contributed by atoms with Crippen molar-refractivity contribution in [1.82, 2.24) is 25.2 Å². The van der Waals surface area contributed by atoms with E-state index in [9.17, 15) is 4.79 Å². The van der Waals surface area contributed by atoms with Gasteiger partial charge in [0.2, 0.25) is 23.5 Å². The average Bonchev–Trinajstić information content (AvgIpc) is 3.41. The van der Waals surface area contributed by atoms with Gasteiger partial charge in [0.15, 0.2) is 5.82 Å². The number of nitrogens with zero attached hydrogens (tertiary/aromatic N) is 5. The summed E-state index contributed by atoms with van der Waals surface area (Å²) >= 11 is 1.58. The zero-order valence-electron chi connectivity index (χ0n) is 14.4. The van der Waals surface area contributed by atoms with Crippen LogP contribution in [0, 0.1) is 6.92 Å². The molecule has 4 heterocycles. The molecule has 1 aliphatic heterocycles. The molecule has 0 bridgehead atoms. The first-order chi connectivity index (χ1) is 12.7. The monoisotopic (exact) mass is 373 g/mol. The molecule has 136 valence electrons. The van der Waals surface area contributed by atoms with E-state index in [1.54, 1.807) is 11.3 Å². The second-order valence-corrected chi connectivity index (χ2v) is 7.14. The van der Waals surface area contributed by atoms with E-state index in [4.69, 9.17) is 9.05 Å². The van der Waals surface area contributed by atoms with Crippen molar-refractivity contribution in [2.24, 2.45) is 0 Å². The van der Waals surface area contributed by atoms with Crippen LogP contribution in [0.1, 0.15) is 42.8 Å². The first kappa shape index (κ1) is 16.9. The van der Waals surface area contributed by atoms with Crippen molar-refractivity contribution in [1.29, 1.82) is 0 Å². The molecule has 0 spiro atoms. The number of carbonyl (C=O) groups is 1. The van der Waals surface area contributed by atoms with E-state index in [0.29, 0.717) is 49.4 Å². The Kier molecular flexibility index (Phi) is 4.79. The molecule has 0 radical (unpaired) electrons. The fourth-order valence-electron chi connectivity index (χ4n) is 3.09. The first-order valence-corrected chi connectivity index (χ1v) is 9.56. The zero-order chi connectivity index (χ0) is 17.9. The van der Waals surface area contributed by atoms with E-state index in [2.05, 4.69) is 20.3 Å². The van der Waals surface area contributed by atoms with Gasteiger partial charge in [0.1, 0.15) is 0 Å². The minimum Gasteiger partial charge on any atom is -0.343 e. The Morgan fingerprint density at radius 2 is 2.12 bits per heavy atom. The lowest BCUT2D eigenvalue weighted by atomic mass is 9.96. The van der Waals surface area contributed by atoms with Crippen molar-refractivity contribution in [3.8, 4) is 11.4 Å². The van der Waals surface area contributed by atoms with Gasteiger partial charge in [-0.3, -0.25) is 4.79 Å². The molecular weight excluding hydrogens is 354 g/mol. The van der Waals surface area contributed by atoms with Crippen LogP contribution in [0.25, 0.3) is 11.4 Å². The lowest BCUT2D eigenvalue weighted by Crippen LogP contribution is -2.38. The smallest absolute Gasteiger partial charge is 0.229 e. The predicted molar refractivity (Wildman–Crippen MR) is 93.5 cm³/mol. The van der Waals surface area contributed by atoms with Crippen LogP contribution in [0.5, 0.6) is 0 Å². The lowest BCUT2D eigenvalue weighted by molar-refractivity contribution is -0.132. The molecule has 8 nitrogen and oxygen atoms in total. The molecule has 3 aromatic rings. The van der Waals surface area contributed by atoms with Crippen molar-refractivity contribution >= 4 is 17.2 Å². The Morgan fingerprint density at radius 3 is 2.81 bits per heavy atom. The van der Waals surface area contributed by atoms with Gasteiger partial charge in [-0.15, -0.1) is 0 Å². The third-order valence-corrected chi connectivity index (χ3v) is 5.22. The van der Waals surface area contributed by atoms with E-state index in [1.165, 1.54) is 0 Å². The number of piperidine rings is 1. The fourth-order valence-corrected chi connectivity index (χ4v) is 3.73. The van der Waals surface area contributed by atoms with Crippen LogP contribution in [0.2, 0.25) is 0 Å². The molecule has 9 heteroatoms. The molecule has 3 aromatic heterocycles. The molecule has 0 atom stereocenters. The van der Waals surface area contributed by atoms with Crippen molar-refractivity contribution in [3.05, 3.63) is 34.4 Å². The standard InChI is InChI=1S/C17H19N5O3S/c1-11-18-17(25-20-11)12-4-7-22(8-5-12)15(23)3-2-14-19-16(21-24-14)13-6-9-26-10-13/h6,9-10,12H,2-5,7-8H2,1H3. The summed E-state index contributed by atoms with van der Waals surface area (Å²) in [6.45, 7) is 3.22. The molecular formula is C17H19N5O3S. The highest BCUT2D eigenvalue weighted by Crippen LogP contribution is 2.27. The molecule has 0 unspecified atom stereocenters. The Labute approximate surface area is 154 Å². The van der Waals surface area contributed by atoms with Crippen LogP contribution in [-0.2, 0) is 11.2 Å². The largest absolute Gasteiger partial charge is 0.343 e. The van der Waals surface area contributed by atoms with Crippen LogP contribution in [0.15, 0.2) is 25.9 Å². The second kappa shape index (κ2) is 7.36. The molecule has 1 fully saturated rings. The second-order valence-electron chi connectivity index (χ2n) is 6.36. The van der Waals surface area contributed by atoms with Crippen LogP contribution < -0.4 is 0 Å². The minimum atomic E-state index is 0.112. The maximum Gasteiger partial charge on any atom is 0.229 e. The van der Waals surface area contributed by atoms with Crippen molar-refractivity contribution in [2.75, 3.05) is 13.1 Å². The Bertz CT molecular complexity index is 865. The maximum absolute atomic E-state index is 12.4. The topological polar surface area (TPSA) is 98.2 Å². The highest BCUT2D eigenvalue weighted by Gasteiger charge is 2.27. The molecule has 26 heavy (non-hydrogen) atoms. The molecule has 1 saturated heterocycles. The SMILES string of the molecule is Cc1noc(C2CCN(C(=O)CCc3nc(-c4ccsc4)no3)CC2)n1. The Balaban J connectivity index is 1.27. The van der Waals surface area contributed by atoms with Crippen molar-refractivity contribution < 1.29 is 13.8 Å². The molecule has 0 N–H and O–H groups in total. The summed E-state index contributed by atoms with van der Waals surface area (Å²) in [6, 6.07) is 1.94. The minimum absolute atomic E-state index is 0.112. The number of thiophene rings is 1. The summed E-state index contributed by atoms with van der Waals surface area (Å²) in [7, 11) is 0. The van der Waals surface area contributed by atoms with E-state index >= 15 is 0 Å². The van der Waals surface area contributed by atoms with Crippen LogP contribution in [0.4, 0.5) is 0 Å². The summed E-state index contributed by atoms with van der Waals surface area (Å²) in [5.74, 6) is 2.76. The van der Waals surface area contributed by atoms with Crippen LogP contribution in [0.3, 0.4) is 0 Å². The highest BCUT2D eigenvalue weighted by molar-refractivity contribution is 7.08. The third kappa shape index (κ3) is 3.67. The average molecular weight is 373 g/mol. The number of aromatic nitrogens is 4. The quantitative estimate of drug-likeness (QED) is 0.678. The summed E-state index contributed by atoms with van der Waals surface area (Å²) in [6.07, 6.45) is 2.51. The number of hydrogen-bond acceptors (Lipinski definition) is 8. The summed E-state index contributed by atoms with van der Waals surface area (Å²) in [4.78, 5) is 23.0. The zero-order valence-corrected chi connectivity index (χ0v) is 15.2. The van der Waals surface area contributed by atoms with Crippen molar-refractivity contribution in [3.63, 3.8) is 0 Å².